The summed E-state index contributed by atoms with van der Waals surface area (Å²) in [4.78, 5) is 36.1. The minimum atomic E-state index is -0.314. The molecular weight excluding hydrogens is 376 g/mol. The summed E-state index contributed by atoms with van der Waals surface area (Å²) in [5.74, 6) is 1.36. The number of carbonyl (C=O) groups excluding carboxylic acids is 3. The van der Waals surface area contributed by atoms with Gasteiger partial charge in [-0.3, -0.25) is 14.4 Å². The van der Waals surface area contributed by atoms with Gasteiger partial charge in [0.25, 0.3) is 0 Å². The molecule has 4 rings (SSSR count). The molecule has 4 heteroatoms. The van der Waals surface area contributed by atoms with Gasteiger partial charge >= 0.3 is 5.97 Å². The maximum Gasteiger partial charge on any atom is 0.311 e. The highest BCUT2D eigenvalue weighted by atomic mass is 16.5. The van der Waals surface area contributed by atoms with Crippen molar-refractivity contribution in [1.82, 2.24) is 0 Å². The fraction of sp³-hybridized carbons (Fsp3) is 0.654. The van der Waals surface area contributed by atoms with Crippen molar-refractivity contribution >= 4 is 18.0 Å². The molecule has 0 aromatic rings. The van der Waals surface area contributed by atoms with Gasteiger partial charge in [-0.1, -0.05) is 44.9 Å². The standard InChI is InChI=1S/C26H34O4/c1-16(2)13-24(29)30-23(15-27)22-8-7-20-19-6-5-17-14-18(28)9-11-25(17,3)21(19)10-12-26(20,22)4/h10,14-16,19-20H,5-9,11-13H2,1-4H3/b23-22-/t19-,20-,25-,26-/m0/s1. The summed E-state index contributed by atoms with van der Waals surface area (Å²) in [6.45, 7) is 8.52. The van der Waals surface area contributed by atoms with Crippen molar-refractivity contribution in [2.75, 3.05) is 0 Å². The molecule has 4 nitrogen and oxygen atoms in total. The SMILES string of the molecule is CC(C)CC(=O)O/C(C=O)=C1/CC[C@H]2[C@@H]3CCC4=CC(=O)CC[C@]4(C)C3=CC[C@]12C. The van der Waals surface area contributed by atoms with Crippen LogP contribution in [0.5, 0.6) is 0 Å². The first-order chi connectivity index (χ1) is 14.2. The van der Waals surface area contributed by atoms with Crippen molar-refractivity contribution in [3.8, 4) is 0 Å². The number of hydrogen-bond acceptors (Lipinski definition) is 4. The minimum Gasteiger partial charge on any atom is -0.423 e. The van der Waals surface area contributed by atoms with Gasteiger partial charge in [0.05, 0.1) is 0 Å². The number of fused-ring (bicyclic) bond motifs is 5. The number of allylic oxidation sites excluding steroid dienone is 6. The molecule has 0 unspecified atom stereocenters. The molecule has 0 heterocycles. The Morgan fingerprint density at radius 2 is 2.00 bits per heavy atom. The van der Waals surface area contributed by atoms with Crippen molar-refractivity contribution in [2.24, 2.45) is 28.6 Å². The van der Waals surface area contributed by atoms with Gasteiger partial charge in [-0.2, -0.15) is 0 Å². The second-order valence-electron chi connectivity index (χ2n) is 10.6. The lowest BCUT2D eigenvalue weighted by atomic mass is 9.51. The largest absolute Gasteiger partial charge is 0.423 e. The van der Waals surface area contributed by atoms with Crippen LogP contribution in [0.15, 0.2) is 34.6 Å². The summed E-state index contributed by atoms with van der Waals surface area (Å²) in [6, 6.07) is 0. The van der Waals surface area contributed by atoms with E-state index in [1.54, 1.807) is 0 Å². The number of ketones is 1. The van der Waals surface area contributed by atoms with Crippen LogP contribution in [0, 0.1) is 28.6 Å². The Morgan fingerprint density at radius 1 is 1.23 bits per heavy atom. The number of hydrogen-bond donors (Lipinski definition) is 0. The molecule has 0 amide bonds. The Bertz CT molecular complexity index is 873. The summed E-state index contributed by atoms with van der Waals surface area (Å²) in [5.41, 5.74) is 3.74. The van der Waals surface area contributed by atoms with Gasteiger partial charge in [0, 0.05) is 18.3 Å². The second kappa shape index (κ2) is 7.62. The Kier molecular flexibility index (Phi) is 5.40. The fourth-order valence-corrected chi connectivity index (χ4v) is 6.74. The van der Waals surface area contributed by atoms with Gasteiger partial charge in [0.1, 0.15) is 0 Å². The van der Waals surface area contributed by atoms with E-state index >= 15 is 0 Å². The van der Waals surface area contributed by atoms with E-state index in [1.165, 1.54) is 11.1 Å². The predicted molar refractivity (Wildman–Crippen MR) is 115 cm³/mol. The zero-order valence-electron chi connectivity index (χ0n) is 18.8. The fourth-order valence-electron chi connectivity index (χ4n) is 6.74. The molecule has 4 atom stereocenters. The third-order valence-electron chi connectivity index (χ3n) is 8.32. The molecule has 0 spiro atoms. The summed E-state index contributed by atoms with van der Waals surface area (Å²) in [7, 11) is 0. The normalized spacial score (nSPS) is 36.9. The van der Waals surface area contributed by atoms with E-state index < -0.39 is 0 Å². The second-order valence-corrected chi connectivity index (χ2v) is 10.6. The van der Waals surface area contributed by atoms with E-state index in [9.17, 15) is 14.4 Å². The van der Waals surface area contributed by atoms with Crippen LogP contribution in [0.1, 0.15) is 79.1 Å². The van der Waals surface area contributed by atoms with E-state index in [2.05, 4.69) is 19.9 Å². The molecule has 4 aliphatic rings. The number of aldehydes is 1. The summed E-state index contributed by atoms with van der Waals surface area (Å²) < 4.78 is 5.57. The quantitative estimate of drug-likeness (QED) is 0.202. The summed E-state index contributed by atoms with van der Waals surface area (Å²) >= 11 is 0. The lowest BCUT2D eigenvalue weighted by molar-refractivity contribution is -0.142. The number of esters is 1. The van der Waals surface area contributed by atoms with Crippen LogP contribution in [0.3, 0.4) is 0 Å². The van der Waals surface area contributed by atoms with Gasteiger partial charge in [-0.05, 0) is 73.3 Å². The number of ether oxygens (including phenoxy) is 1. The van der Waals surface area contributed by atoms with Crippen LogP contribution in [-0.4, -0.2) is 18.0 Å². The van der Waals surface area contributed by atoms with Crippen molar-refractivity contribution in [1.29, 1.82) is 0 Å². The molecule has 162 valence electrons. The average molecular weight is 411 g/mol. The zero-order chi connectivity index (χ0) is 21.7. The molecule has 30 heavy (non-hydrogen) atoms. The van der Waals surface area contributed by atoms with Crippen molar-refractivity contribution in [2.45, 2.75) is 79.1 Å². The smallest absolute Gasteiger partial charge is 0.311 e. The molecule has 2 saturated carbocycles. The van der Waals surface area contributed by atoms with Gasteiger partial charge in [-0.15, -0.1) is 0 Å². The predicted octanol–water partition coefficient (Wildman–Crippen LogP) is 5.48. The topological polar surface area (TPSA) is 60.4 Å². The highest BCUT2D eigenvalue weighted by molar-refractivity contribution is 5.92. The lowest BCUT2D eigenvalue weighted by Gasteiger charge is -2.52. The Balaban J connectivity index is 1.67. The summed E-state index contributed by atoms with van der Waals surface area (Å²) in [5, 5.41) is 0. The van der Waals surface area contributed by atoms with Crippen LogP contribution >= 0.6 is 0 Å². The van der Waals surface area contributed by atoms with Crippen LogP contribution in [0.25, 0.3) is 0 Å². The molecule has 0 radical (unpaired) electrons. The Hall–Kier alpha value is -1.97. The van der Waals surface area contributed by atoms with Crippen molar-refractivity contribution in [3.05, 3.63) is 34.6 Å². The molecule has 0 saturated heterocycles. The first-order valence-corrected chi connectivity index (χ1v) is 11.5. The zero-order valence-corrected chi connectivity index (χ0v) is 18.8. The molecule has 4 aliphatic carbocycles. The molecular formula is C26H34O4. The molecule has 0 aromatic heterocycles. The van der Waals surface area contributed by atoms with Gasteiger partial charge in [0.15, 0.2) is 17.8 Å². The average Bonchev–Trinajstić information content (AvgIpc) is 3.03. The van der Waals surface area contributed by atoms with E-state index in [4.69, 9.17) is 4.74 Å². The van der Waals surface area contributed by atoms with Crippen molar-refractivity contribution < 1.29 is 19.1 Å². The van der Waals surface area contributed by atoms with E-state index in [-0.39, 0.29) is 34.3 Å². The number of carbonyl (C=O) groups is 3. The van der Waals surface area contributed by atoms with Crippen LogP contribution < -0.4 is 0 Å². The van der Waals surface area contributed by atoms with Crippen LogP contribution in [0.4, 0.5) is 0 Å². The molecule has 0 bridgehead atoms. The molecule has 0 aliphatic heterocycles. The first kappa shape index (κ1) is 21.3. The van der Waals surface area contributed by atoms with E-state index in [1.807, 2.05) is 19.9 Å². The maximum absolute atomic E-state index is 12.2. The van der Waals surface area contributed by atoms with E-state index in [0.717, 1.165) is 50.4 Å². The van der Waals surface area contributed by atoms with Gasteiger partial charge in [-0.25, -0.2) is 0 Å². The third kappa shape index (κ3) is 3.33. The van der Waals surface area contributed by atoms with Crippen molar-refractivity contribution in [3.63, 3.8) is 0 Å². The first-order valence-electron chi connectivity index (χ1n) is 11.5. The van der Waals surface area contributed by atoms with Crippen LogP contribution in [0.2, 0.25) is 0 Å². The molecule has 0 N–H and O–H groups in total. The minimum absolute atomic E-state index is 0.0157. The Labute approximate surface area is 179 Å². The summed E-state index contributed by atoms with van der Waals surface area (Å²) in [6.07, 6.45) is 11.7. The lowest BCUT2D eigenvalue weighted by Crippen LogP contribution is -2.43. The third-order valence-corrected chi connectivity index (χ3v) is 8.32. The van der Waals surface area contributed by atoms with Gasteiger partial charge in [0.2, 0.25) is 0 Å². The van der Waals surface area contributed by atoms with E-state index in [0.29, 0.717) is 24.7 Å². The number of rotatable bonds is 4. The maximum atomic E-state index is 12.2. The molecule has 2 fully saturated rings. The monoisotopic (exact) mass is 410 g/mol. The molecule has 0 aromatic carbocycles. The Morgan fingerprint density at radius 3 is 2.70 bits per heavy atom. The van der Waals surface area contributed by atoms with Crippen LogP contribution in [-0.2, 0) is 19.1 Å². The highest BCUT2D eigenvalue weighted by Gasteiger charge is 2.55. The highest BCUT2D eigenvalue weighted by Crippen LogP contribution is 2.64. The van der Waals surface area contributed by atoms with Gasteiger partial charge < -0.3 is 4.74 Å².